The van der Waals surface area contributed by atoms with Crippen molar-refractivity contribution in [3.8, 4) is 0 Å². The fraction of sp³-hybridized carbons (Fsp3) is 0.875. The maximum Gasteiger partial charge on any atom is 0.0627 e. The second kappa shape index (κ2) is 3.72. The van der Waals surface area contributed by atoms with Crippen LogP contribution in [0.25, 0.3) is 0 Å². The van der Waals surface area contributed by atoms with Crippen LogP contribution in [0.5, 0.6) is 0 Å². The number of oxime groups is 1. The predicted molar refractivity (Wildman–Crippen MR) is 45.1 cm³/mol. The highest BCUT2D eigenvalue weighted by atomic mass is 16.4. The Labute approximate surface area is 67.7 Å². The summed E-state index contributed by atoms with van der Waals surface area (Å²) in [6.07, 6.45) is 2.00. The second-order valence-electron chi connectivity index (χ2n) is 3.21. The zero-order valence-corrected chi connectivity index (χ0v) is 7.25. The Bertz CT molecular complexity index is 156. The minimum Gasteiger partial charge on any atom is -0.411 e. The standard InChI is InChI=1S/C8H16N2O/c1-3-7-6-10(2)5-4-8(7)9-11/h7,11H,3-6H2,1-2H3/b9-8+. The van der Waals surface area contributed by atoms with Crippen molar-refractivity contribution in [1.29, 1.82) is 0 Å². The van der Waals surface area contributed by atoms with Crippen molar-refractivity contribution in [3.05, 3.63) is 0 Å². The molecular weight excluding hydrogens is 140 g/mol. The number of nitrogens with zero attached hydrogens (tertiary/aromatic N) is 2. The van der Waals surface area contributed by atoms with Gasteiger partial charge in [-0.3, -0.25) is 0 Å². The molecule has 0 aromatic rings. The number of rotatable bonds is 1. The van der Waals surface area contributed by atoms with Gasteiger partial charge in [-0.05, 0) is 13.5 Å². The van der Waals surface area contributed by atoms with Crippen LogP contribution in [0.4, 0.5) is 0 Å². The molecule has 0 aromatic carbocycles. The van der Waals surface area contributed by atoms with Gasteiger partial charge in [0.05, 0.1) is 5.71 Å². The summed E-state index contributed by atoms with van der Waals surface area (Å²) in [5.41, 5.74) is 0.977. The molecule has 0 spiro atoms. The van der Waals surface area contributed by atoms with Gasteiger partial charge in [0.15, 0.2) is 0 Å². The van der Waals surface area contributed by atoms with Gasteiger partial charge in [0, 0.05) is 25.4 Å². The first-order valence-electron chi connectivity index (χ1n) is 4.17. The first kappa shape index (κ1) is 8.53. The zero-order valence-electron chi connectivity index (χ0n) is 7.25. The summed E-state index contributed by atoms with van der Waals surface area (Å²) in [6.45, 7) is 4.20. The average Bonchev–Trinajstić information content (AvgIpc) is 2.04. The third-order valence-electron chi connectivity index (χ3n) is 2.37. The molecule has 0 aromatic heterocycles. The van der Waals surface area contributed by atoms with Gasteiger partial charge < -0.3 is 10.1 Å². The van der Waals surface area contributed by atoms with Crippen molar-refractivity contribution in [3.63, 3.8) is 0 Å². The molecule has 1 heterocycles. The van der Waals surface area contributed by atoms with E-state index in [9.17, 15) is 0 Å². The van der Waals surface area contributed by atoms with Gasteiger partial charge in [-0.1, -0.05) is 12.1 Å². The van der Waals surface area contributed by atoms with E-state index in [4.69, 9.17) is 5.21 Å². The number of hydrogen-bond donors (Lipinski definition) is 1. The lowest BCUT2D eigenvalue weighted by molar-refractivity contribution is 0.265. The van der Waals surface area contributed by atoms with E-state index >= 15 is 0 Å². The molecule has 0 saturated carbocycles. The van der Waals surface area contributed by atoms with Crippen molar-refractivity contribution in [2.24, 2.45) is 11.1 Å². The third kappa shape index (κ3) is 1.93. The maximum atomic E-state index is 8.65. The van der Waals surface area contributed by atoms with Crippen molar-refractivity contribution in [2.45, 2.75) is 19.8 Å². The average molecular weight is 156 g/mol. The van der Waals surface area contributed by atoms with Gasteiger partial charge in [-0.25, -0.2) is 0 Å². The Balaban J connectivity index is 2.55. The molecule has 0 amide bonds. The summed E-state index contributed by atoms with van der Waals surface area (Å²) in [5, 5.41) is 12.0. The number of hydrogen-bond acceptors (Lipinski definition) is 3. The van der Waals surface area contributed by atoms with Crippen LogP contribution >= 0.6 is 0 Å². The largest absolute Gasteiger partial charge is 0.411 e. The quantitative estimate of drug-likeness (QED) is 0.457. The molecule has 1 fully saturated rings. The van der Waals surface area contributed by atoms with Gasteiger partial charge in [-0.2, -0.15) is 0 Å². The molecule has 3 heteroatoms. The highest BCUT2D eigenvalue weighted by molar-refractivity contribution is 5.87. The van der Waals surface area contributed by atoms with Gasteiger partial charge >= 0.3 is 0 Å². The van der Waals surface area contributed by atoms with Crippen LogP contribution in [0.15, 0.2) is 5.16 Å². The Kier molecular flexibility index (Phi) is 2.88. The van der Waals surface area contributed by atoms with E-state index in [0.717, 1.165) is 31.6 Å². The number of piperidine rings is 1. The topological polar surface area (TPSA) is 35.8 Å². The Morgan fingerprint density at radius 1 is 1.73 bits per heavy atom. The third-order valence-corrected chi connectivity index (χ3v) is 2.37. The van der Waals surface area contributed by atoms with Crippen LogP contribution in [0.1, 0.15) is 19.8 Å². The van der Waals surface area contributed by atoms with Crippen LogP contribution in [0.3, 0.4) is 0 Å². The monoisotopic (exact) mass is 156 g/mol. The van der Waals surface area contributed by atoms with Crippen molar-refractivity contribution >= 4 is 5.71 Å². The zero-order chi connectivity index (χ0) is 8.27. The molecule has 0 bridgehead atoms. The highest BCUT2D eigenvalue weighted by Crippen LogP contribution is 2.15. The van der Waals surface area contributed by atoms with E-state index in [2.05, 4.69) is 24.0 Å². The summed E-state index contributed by atoms with van der Waals surface area (Å²) in [5.74, 6) is 0.471. The lowest BCUT2D eigenvalue weighted by Gasteiger charge is -2.29. The van der Waals surface area contributed by atoms with Crippen LogP contribution in [0, 0.1) is 5.92 Å². The lowest BCUT2D eigenvalue weighted by Crippen LogP contribution is -2.38. The smallest absolute Gasteiger partial charge is 0.0627 e. The molecular formula is C8H16N2O. The molecule has 1 N–H and O–H groups in total. The van der Waals surface area contributed by atoms with E-state index in [1.807, 2.05) is 0 Å². The van der Waals surface area contributed by atoms with Crippen molar-refractivity contribution in [1.82, 2.24) is 4.90 Å². The second-order valence-corrected chi connectivity index (χ2v) is 3.21. The van der Waals surface area contributed by atoms with Gasteiger partial charge in [0.1, 0.15) is 0 Å². The van der Waals surface area contributed by atoms with Crippen molar-refractivity contribution in [2.75, 3.05) is 20.1 Å². The minimum absolute atomic E-state index is 0.471. The maximum absolute atomic E-state index is 8.65. The van der Waals surface area contributed by atoms with Crippen LogP contribution in [-0.4, -0.2) is 36.0 Å². The first-order valence-corrected chi connectivity index (χ1v) is 4.17. The van der Waals surface area contributed by atoms with Crippen LogP contribution < -0.4 is 0 Å². The highest BCUT2D eigenvalue weighted by Gasteiger charge is 2.21. The van der Waals surface area contributed by atoms with E-state index in [0.29, 0.717) is 5.92 Å². The number of likely N-dealkylation sites (tertiary alicyclic amines) is 1. The normalized spacial score (nSPS) is 31.1. The van der Waals surface area contributed by atoms with Gasteiger partial charge in [0.2, 0.25) is 0 Å². The fourth-order valence-corrected chi connectivity index (χ4v) is 1.58. The first-order chi connectivity index (χ1) is 5.27. The van der Waals surface area contributed by atoms with Crippen molar-refractivity contribution < 1.29 is 5.21 Å². The molecule has 1 aliphatic rings. The molecule has 0 aliphatic carbocycles. The molecule has 1 atom stereocenters. The summed E-state index contributed by atoms with van der Waals surface area (Å²) >= 11 is 0. The van der Waals surface area contributed by atoms with E-state index < -0.39 is 0 Å². The summed E-state index contributed by atoms with van der Waals surface area (Å²) in [4.78, 5) is 2.28. The molecule has 64 valence electrons. The summed E-state index contributed by atoms with van der Waals surface area (Å²) < 4.78 is 0. The summed E-state index contributed by atoms with van der Waals surface area (Å²) in [7, 11) is 2.11. The molecule has 1 saturated heterocycles. The van der Waals surface area contributed by atoms with Crippen LogP contribution in [0.2, 0.25) is 0 Å². The fourth-order valence-electron chi connectivity index (χ4n) is 1.58. The Morgan fingerprint density at radius 3 is 3.00 bits per heavy atom. The van der Waals surface area contributed by atoms with E-state index in [-0.39, 0.29) is 0 Å². The Morgan fingerprint density at radius 2 is 2.45 bits per heavy atom. The predicted octanol–water partition coefficient (Wildman–Crippen LogP) is 1.18. The van der Waals surface area contributed by atoms with Gasteiger partial charge in [-0.15, -0.1) is 0 Å². The van der Waals surface area contributed by atoms with E-state index in [1.165, 1.54) is 0 Å². The molecule has 1 aliphatic heterocycles. The molecule has 3 nitrogen and oxygen atoms in total. The summed E-state index contributed by atoms with van der Waals surface area (Å²) in [6, 6.07) is 0. The molecule has 1 rings (SSSR count). The van der Waals surface area contributed by atoms with Crippen LogP contribution in [-0.2, 0) is 0 Å². The van der Waals surface area contributed by atoms with Gasteiger partial charge in [0.25, 0.3) is 0 Å². The lowest BCUT2D eigenvalue weighted by atomic mass is 9.94. The van der Waals surface area contributed by atoms with E-state index in [1.54, 1.807) is 0 Å². The molecule has 1 unspecified atom stereocenters. The molecule has 0 radical (unpaired) electrons. The molecule has 11 heavy (non-hydrogen) atoms. The SMILES string of the molecule is CCC1CN(C)CC/C1=N\O. The Hall–Kier alpha value is -0.570. The minimum atomic E-state index is 0.471.